The molecule has 1 heterocycles. The Bertz CT molecular complexity index is 434. The van der Waals surface area contributed by atoms with Crippen LogP contribution in [0.1, 0.15) is 17.2 Å². The van der Waals surface area contributed by atoms with Crippen molar-refractivity contribution in [2.45, 2.75) is 13.0 Å². The quantitative estimate of drug-likeness (QED) is 0.671. The third-order valence-corrected chi connectivity index (χ3v) is 3.14. The van der Waals surface area contributed by atoms with E-state index < -0.39 is 6.03 Å². The normalized spacial score (nSPS) is 20.3. The summed E-state index contributed by atoms with van der Waals surface area (Å²) in [6.45, 7) is 3.83. The molecule has 2 amide bonds. The summed E-state index contributed by atoms with van der Waals surface area (Å²) in [7, 11) is 0. The summed E-state index contributed by atoms with van der Waals surface area (Å²) in [6, 6.07) is 4.94. The van der Waals surface area contributed by atoms with E-state index in [1.807, 2.05) is 19.1 Å². The lowest BCUT2D eigenvalue weighted by atomic mass is 10.0. The number of nitrogens with two attached hydrogens (primary N) is 1. The Morgan fingerprint density at radius 1 is 1.59 bits per heavy atom. The van der Waals surface area contributed by atoms with Crippen LogP contribution in [0.5, 0.6) is 5.75 Å². The van der Waals surface area contributed by atoms with Crippen LogP contribution in [-0.4, -0.2) is 35.7 Å². The first-order valence-corrected chi connectivity index (χ1v) is 5.66. The summed E-state index contributed by atoms with van der Waals surface area (Å²) in [6.07, 6.45) is 0. The summed E-state index contributed by atoms with van der Waals surface area (Å²) < 4.78 is 0. The van der Waals surface area contributed by atoms with Gasteiger partial charge in [0.25, 0.3) is 0 Å². The van der Waals surface area contributed by atoms with Crippen molar-refractivity contribution < 1.29 is 9.90 Å². The zero-order valence-corrected chi connectivity index (χ0v) is 9.81. The largest absolute Gasteiger partial charge is 0.508 e. The average Bonchev–Trinajstić information content (AvgIpc) is 2.32. The summed E-state index contributed by atoms with van der Waals surface area (Å²) in [5.41, 5.74) is 7.08. The van der Waals surface area contributed by atoms with Crippen LogP contribution in [0.3, 0.4) is 0 Å². The van der Waals surface area contributed by atoms with Gasteiger partial charge in [-0.2, -0.15) is 0 Å². The van der Waals surface area contributed by atoms with Crippen LogP contribution in [0.4, 0.5) is 4.79 Å². The summed E-state index contributed by atoms with van der Waals surface area (Å²) >= 11 is 0. The number of aryl methyl sites for hydroxylation is 1. The summed E-state index contributed by atoms with van der Waals surface area (Å²) in [4.78, 5) is 13.0. The lowest BCUT2D eigenvalue weighted by molar-refractivity contribution is 0.167. The number of phenolic OH excluding ortho intramolecular Hbond substituents is 1. The van der Waals surface area contributed by atoms with Crippen LogP contribution in [0.2, 0.25) is 0 Å². The minimum absolute atomic E-state index is 0.104. The molecule has 1 aliphatic heterocycles. The molecule has 1 aliphatic rings. The molecule has 1 saturated heterocycles. The van der Waals surface area contributed by atoms with Crippen LogP contribution in [0, 0.1) is 6.92 Å². The molecule has 5 nitrogen and oxygen atoms in total. The first-order chi connectivity index (χ1) is 8.09. The van der Waals surface area contributed by atoms with Crippen molar-refractivity contribution in [2.75, 3.05) is 19.6 Å². The number of urea groups is 1. The van der Waals surface area contributed by atoms with Crippen molar-refractivity contribution in [3.05, 3.63) is 29.3 Å². The van der Waals surface area contributed by atoms with Gasteiger partial charge >= 0.3 is 6.03 Å². The van der Waals surface area contributed by atoms with E-state index in [2.05, 4.69) is 5.32 Å². The number of benzene rings is 1. The first-order valence-electron chi connectivity index (χ1n) is 5.66. The highest BCUT2D eigenvalue weighted by Crippen LogP contribution is 2.26. The highest BCUT2D eigenvalue weighted by molar-refractivity contribution is 5.73. The van der Waals surface area contributed by atoms with Crippen molar-refractivity contribution in [3.8, 4) is 5.75 Å². The number of nitrogens with zero attached hydrogens (tertiary/aromatic N) is 1. The molecule has 0 aromatic heterocycles. The molecule has 4 N–H and O–H groups in total. The van der Waals surface area contributed by atoms with Crippen LogP contribution < -0.4 is 11.1 Å². The second-order valence-electron chi connectivity index (χ2n) is 4.30. The molecule has 0 saturated carbocycles. The van der Waals surface area contributed by atoms with E-state index >= 15 is 0 Å². The van der Waals surface area contributed by atoms with Gasteiger partial charge < -0.3 is 21.1 Å². The third kappa shape index (κ3) is 2.34. The second kappa shape index (κ2) is 4.63. The van der Waals surface area contributed by atoms with E-state index in [1.165, 1.54) is 0 Å². The van der Waals surface area contributed by atoms with E-state index in [0.717, 1.165) is 17.7 Å². The zero-order valence-electron chi connectivity index (χ0n) is 9.81. The molecule has 0 aliphatic carbocycles. The molecule has 1 atom stereocenters. The average molecular weight is 235 g/mol. The van der Waals surface area contributed by atoms with E-state index in [4.69, 9.17) is 5.73 Å². The smallest absolute Gasteiger partial charge is 0.315 e. The van der Waals surface area contributed by atoms with Gasteiger partial charge in [-0.05, 0) is 24.1 Å². The van der Waals surface area contributed by atoms with Gasteiger partial charge in [0.15, 0.2) is 0 Å². The lowest BCUT2D eigenvalue weighted by Gasteiger charge is -2.35. The number of carbonyl (C=O) groups excluding carboxylic acids is 1. The van der Waals surface area contributed by atoms with E-state index in [9.17, 15) is 9.90 Å². The summed E-state index contributed by atoms with van der Waals surface area (Å²) in [5.74, 6) is 0.248. The van der Waals surface area contributed by atoms with Gasteiger partial charge in [0.2, 0.25) is 0 Å². The van der Waals surface area contributed by atoms with Gasteiger partial charge in [0.05, 0.1) is 6.04 Å². The van der Waals surface area contributed by atoms with Crippen molar-refractivity contribution in [3.63, 3.8) is 0 Å². The maximum atomic E-state index is 11.3. The topological polar surface area (TPSA) is 78.6 Å². The van der Waals surface area contributed by atoms with Crippen molar-refractivity contribution >= 4 is 6.03 Å². The number of piperazine rings is 1. The molecule has 1 unspecified atom stereocenters. The van der Waals surface area contributed by atoms with E-state index in [1.54, 1.807) is 11.0 Å². The molecular weight excluding hydrogens is 218 g/mol. The third-order valence-electron chi connectivity index (χ3n) is 3.14. The van der Waals surface area contributed by atoms with E-state index in [-0.39, 0.29) is 11.8 Å². The monoisotopic (exact) mass is 235 g/mol. The number of hydrogen-bond donors (Lipinski definition) is 3. The van der Waals surface area contributed by atoms with Crippen LogP contribution >= 0.6 is 0 Å². The fourth-order valence-corrected chi connectivity index (χ4v) is 2.10. The number of primary amides is 1. The second-order valence-corrected chi connectivity index (χ2v) is 4.30. The molecule has 5 heteroatoms. The Hall–Kier alpha value is -1.75. The number of nitrogens with one attached hydrogen (secondary N) is 1. The number of hydrogen-bond acceptors (Lipinski definition) is 3. The number of aromatic hydroxyl groups is 1. The SMILES string of the molecule is Cc1ccc(C2CNCCN2C(N)=O)cc1O. The number of carbonyl (C=O) groups is 1. The number of amides is 2. The Kier molecular flexibility index (Phi) is 3.19. The molecular formula is C12H17N3O2. The summed E-state index contributed by atoms with van der Waals surface area (Å²) in [5, 5.41) is 12.9. The standard InChI is InChI=1S/C12H17N3O2/c1-8-2-3-9(6-11(8)16)10-7-14-4-5-15(10)12(13)17/h2-3,6,10,14,16H,4-5,7H2,1H3,(H2,13,17). The van der Waals surface area contributed by atoms with Gasteiger partial charge in [0.1, 0.15) is 5.75 Å². The van der Waals surface area contributed by atoms with Gasteiger partial charge in [-0.1, -0.05) is 12.1 Å². The fourth-order valence-electron chi connectivity index (χ4n) is 2.10. The molecule has 1 aromatic rings. The minimum atomic E-state index is -0.420. The number of rotatable bonds is 1. The van der Waals surface area contributed by atoms with Gasteiger partial charge in [-0.3, -0.25) is 0 Å². The first kappa shape index (κ1) is 11.7. The maximum absolute atomic E-state index is 11.3. The Labute approximate surface area is 100 Å². The molecule has 92 valence electrons. The molecule has 2 rings (SSSR count). The van der Waals surface area contributed by atoms with Gasteiger partial charge in [-0.15, -0.1) is 0 Å². The Morgan fingerprint density at radius 2 is 2.35 bits per heavy atom. The highest BCUT2D eigenvalue weighted by atomic mass is 16.3. The van der Waals surface area contributed by atoms with Crippen molar-refractivity contribution in [2.24, 2.45) is 5.73 Å². The molecule has 17 heavy (non-hydrogen) atoms. The van der Waals surface area contributed by atoms with Crippen LogP contribution in [0.15, 0.2) is 18.2 Å². The van der Waals surface area contributed by atoms with Crippen LogP contribution in [0.25, 0.3) is 0 Å². The molecule has 0 radical (unpaired) electrons. The number of phenols is 1. The van der Waals surface area contributed by atoms with E-state index in [0.29, 0.717) is 13.1 Å². The lowest BCUT2D eigenvalue weighted by Crippen LogP contribution is -2.50. The molecule has 0 spiro atoms. The molecule has 0 bridgehead atoms. The fraction of sp³-hybridized carbons (Fsp3) is 0.417. The predicted octanol–water partition coefficient (Wildman–Crippen LogP) is 0.726. The Morgan fingerprint density at radius 3 is 3.00 bits per heavy atom. The molecule has 1 fully saturated rings. The van der Waals surface area contributed by atoms with Gasteiger partial charge in [-0.25, -0.2) is 4.79 Å². The minimum Gasteiger partial charge on any atom is -0.508 e. The zero-order chi connectivity index (χ0) is 12.4. The predicted molar refractivity (Wildman–Crippen MR) is 64.7 cm³/mol. The molecule has 1 aromatic carbocycles. The van der Waals surface area contributed by atoms with Crippen molar-refractivity contribution in [1.29, 1.82) is 0 Å². The maximum Gasteiger partial charge on any atom is 0.315 e. The highest BCUT2D eigenvalue weighted by Gasteiger charge is 2.26. The van der Waals surface area contributed by atoms with Crippen molar-refractivity contribution in [1.82, 2.24) is 10.2 Å². The van der Waals surface area contributed by atoms with Gasteiger partial charge in [0, 0.05) is 19.6 Å². The van der Waals surface area contributed by atoms with Crippen LogP contribution in [-0.2, 0) is 0 Å². The Balaban J connectivity index is 2.29.